The molecule has 162 valence electrons. The molecule has 0 aliphatic heterocycles. The molecule has 2 aromatic heterocycles. The number of imidazole rings is 1. The van der Waals surface area contributed by atoms with E-state index < -0.39 is 0 Å². The van der Waals surface area contributed by atoms with Crippen LogP contribution in [-0.4, -0.2) is 15.5 Å². The molecule has 32 heavy (non-hydrogen) atoms. The van der Waals surface area contributed by atoms with Crippen LogP contribution in [0.4, 0.5) is 10.1 Å². The van der Waals surface area contributed by atoms with E-state index in [1.807, 2.05) is 30.6 Å². The Hall–Kier alpha value is -3.19. The number of carbonyl (C=O) groups is 1. The minimum absolute atomic E-state index is 0.215. The number of hydrogen-bond donors (Lipinski definition) is 1. The number of furan rings is 1. The van der Waals surface area contributed by atoms with Crippen molar-refractivity contribution in [1.82, 2.24) is 9.55 Å². The Morgan fingerprint density at radius 3 is 2.47 bits per heavy atom. The topological polar surface area (TPSA) is 60.1 Å². The van der Waals surface area contributed by atoms with Gasteiger partial charge in [0.15, 0.2) is 11.5 Å². The number of aromatic nitrogens is 2. The van der Waals surface area contributed by atoms with E-state index in [4.69, 9.17) is 4.42 Å². The Kier molecular flexibility index (Phi) is 5.66. The Balaban J connectivity index is 1.50. The summed E-state index contributed by atoms with van der Waals surface area (Å²) in [6, 6.07) is 17.4. The number of benzene rings is 2. The molecule has 4 aromatic rings. The zero-order valence-corrected chi connectivity index (χ0v) is 18.8. The van der Waals surface area contributed by atoms with E-state index in [-0.39, 0.29) is 17.5 Å². The predicted octanol–water partition coefficient (Wildman–Crippen LogP) is 7.08. The van der Waals surface area contributed by atoms with Gasteiger partial charge in [0.25, 0.3) is 5.91 Å². The standard InChI is InChI=1S/C25H21BrFN3O2/c26-17-7-11-19(12-8-17)29-25(31)22-14-13-21(32-22)24-23(16-5-9-18(27)10-6-16)28-15-30(24)20-3-1-2-4-20/h5-15,20H,1-4H2,(H,29,31). The molecule has 1 fully saturated rings. The van der Waals surface area contributed by atoms with Gasteiger partial charge in [0.2, 0.25) is 0 Å². The van der Waals surface area contributed by atoms with Gasteiger partial charge in [-0.15, -0.1) is 0 Å². The molecule has 7 heteroatoms. The summed E-state index contributed by atoms with van der Waals surface area (Å²) in [6.45, 7) is 0. The minimum Gasteiger partial charge on any atom is -0.449 e. The maximum atomic E-state index is 13.5. The minimum atomic E-state index is -0.325. The third-order valence-corrected chi connectivity index (χ3v) is 6.32. The first kappa shape index (κ1) is 20.7. The molecule has 1 saturated carbocycles. The summed E-state index contributed by atoms with van der Waals surface area (Å²) in [7, 11) is 0. The van der Waals surface area contributed by atoms with Crippen LogP contribution >= 0.6 is 15.9 Å². The highest BCUT2D eigenvalue weighted by Crippen LogP contribution is 2.39. The van der Waals surface area contributed by atoms with Crippen molar-refractivity contribution in [1.29, 1.82) is 0 Å². The van der Waals surface area contributed by atoms with Gasteiger partial charge in [-0.3, -0.25) is 4.79 Å². The van der Waals surface area contributed by atoms with Gasteiger partial charge in [-0.2, -0.15) is 0 Å². The first-order chi connectivity index (χ1) is 15.6. The van der Waals surface area contributed by atoms with E-state index in [1.165, 1.54) is 25.0 Å². The van der Waals surface area contributed by atoms with E-state index in [0.29, 0.717) is 23.2 Å². The highest BCUT2D eigenvalue weighted by molar-refractivity contribution is 9.10. The summed E-state index contributed by atoms with van der Waals surface area (Å²) < 4.78 is 22.6. The largest absolute Gasteiger partial charge is 0.449 e. The average molecular weight is 494 g/mol. The van der Waals surface area contributed by atoms with E-state index >= 15 is 0 Å². The molecule has 0 bridgehead atoms. The molecule has 5 rings (SSSR count). The third kappa shape index (κ3) is 4.12. The molecule has 0 spiro atoms. The Morgan fingerprint density at radius 1 is 1.03 bits per heavy atom. The van der Waals surface area contributed by atoms with Crippen molar-refractivity contribution in [3.8, 4) is 22.7 Å². The normalized spacial score (nSPS) is 14.1. The molecule has 1 aliphatic rings. The molecular weight excluding hydrogens is 473 g/mol. The Morgan fingerprint density at radius 2 is 1.75 bits per heavy atom. The van der Waals surface area contributed by atoms with Gasteiger partial charge < -0.3 is 14.3 Å². The molecule has 1 amide bonds. The fourth-order valence-electron chi connectivity index (χ4n) is 4.20. The lowest BCUT2D eigenvalue weighted by Crippen LogP contribution is -2.10. The number of amides is 1. The highest BCUT2D eigenvalue weighted by atomic mass is 79.9. The Bertz CT molecular complexity index is 1240. The molecule has 1 N–H and O–H groups in total. The second-order valence-corrected chi connectivity index (χ2v) is 8.83. The van der Waals surface area contributed by atoms with Crippen LogP contribution in [-0.2, 0) is 0 Å². The number of nitrogens with zero attached hydrogens (tertiary/aromatic N) is 2. The van der Waals surface area contributed by atoms with Crippen LogP contribution < -0.4 is 5.32 Å². The number of carbonyl (C=O) groups excluding carboxylic acids is 1. The van der Waals surface area contributed by atoms with Gasteiger partial charge in [0, 0.05) is 21.8 Å². The summed E-state index contributed by atoms with van der Waals surface area (Å²) >= 11 is 3.39. The lowest BCUT2D eigenvalue weighted by Gasteiger charge is -2.15. The fourth-order valence-corrected chi connectivity index (χ4v) is 4.46. The van der Waals surface area contributed by atoms with Crippen molar-refractivity contribution in [2.75, 3.05) is 5.32 Å². The van der Waals surface area contributed by atoms with Gasteiger partial charge in [0.05, 0.1) is 12.0 Å². The Labute approximate surface area is 193 Å². The van der Waals surface area contributed by atoms with Gasteiger partial charge in [-0.1, -0.05) is 28.8 Å². The second-order valence-electron chi connectivity index (χ2n) is 7.92. The molecule has 1 aliphatic carbocycles. The van der Waals surface area contributed by atoms with E-state index in [2.05, 4.69) is 30.8 Å². The summed E-state index contributed by atoms with van der Waals surface area (Å²) in [6.07, 6.45) is 6.32. The monoisotopic (exact) mass is 493 g/mol. The van der Waals surface area contributed by atoms with Gasteiger partial charge >= 0.3 is 0 Å². The maximum absolute atomic E-state index is 13.5. The number of anilines is 1. The van der Waals surface area contributed by atoms with Crippen LogP contribution in [0.15, 0.2) is 75.9 Å². The number of rotatable bonds is 5. The third-order valence-electron chi connectivity index (χ3n) is 5.79. The summed E-state index contributed by atoms with van der Waals surface area (Å²) in [5.74, 6) is 0.158. The van der Waals surface area contributed by atoms with Crippen molar-refractivity contribution in [3.05, 3.63) is 83.0 Å². The van der Waals surface area contributed by atoms with Crippen LogP contribution in [0.1, 0.15) is 42.3 Å². The molecule has 0 saturated heterocycles. The van der Waals surface area contributed by atoms with Crippen molar-refractivity contribution in [3.63, 3.8) is 0 Å². The van der Waals surface area contributed by atoms with E-state index in [0.717, 1.165) is 28.6 Å². The molecular formula is C25H21BrFN3O2. The van der Waals surface area contributed by atoms with Crippen molar-refractivity contribution < 1.29 is 13.6 Å². The highest BCUT2D eigenvalue weighted by Gasteiger charge is 2.26. The second kappa shape index (κ2) is 8.74. The quantitative estimate of drug-likeness (QED) is 0.323. The van der Waals surface area contributed by atoms with Gasteiger partial charge in [-0.25, -0.2) is 9.37 Å². The van der Waals surface area contributed by atoms with Crippen LogP contribution in [0, 0.1) is 5.82 Å². The zero-order valence-electron chi connectivity index (χ0n) is 17.2. The molecule has 0 unspecified atom stereocenters. The SMILES string of the molecule is O=C(Nc1ccc(Br)cc1)c1ccc(-c2c(-c3ccc(F)cc3)ncn2C2CCCC2)o1. The number of hydrogen-bond acceptors (Lipinski definition) is 3. The lowest BCUT2D eigenvalue weighted by atomic mass is 10.1. The van der Waals surface area contributed by atoms with Gasteiger partial charge in [0.1, 0.15) is 11.5 Å². The van der Waals surface area contributed by atoms with Gasteiger partial charge in [-0.05, 0) is 73.5 Å². The first-order valence-electron chi connectivity index (χ1n) is 10.6. The van der Waals surface area contributed by atoms with Crippen LogP contribution in [0.25, 0.3) is 22.7 Å². The molecule has 5 nitrogen and oxygen atoms in total. The number of nitrogens with one attached hydrogen (secondary N) is 1. The summed E-state index contributed by atoms with van der Waals surface area (Å²) in [4.78, 5) is 17.4. The molecule has 0 radical (unpaired) electrons. The van der Waals surface area contributed by atoms with Crippen molar-refractivity contribution in [2.24, 2.45) is 0 Å². The fraction of sp³-hybridized carbons (Fsp3) is 0.200. The summed E-state index contributed by atoms with van der Waals surface area (Å²) in [5, 5.41) is 2.85. The molecule has 2 heterocycles. The van der Waals surface area contributed by atoms with Crippen LogP contribution in [0.2, 0.25) is 0 Å². The lowest BCUT2D eigenvalue weighted by molar-refractivity contribution is 0.0997. The number of halogens is 2. The summed E-state index contributed by atoms with van der Waals surface area (Å²) in [5.41, 5.74) is 3.01. The molecule has 0 atom stereocenters. The van der Waals surface area contributed by atoms with Crippen LogP contribution in [0.5, 0.6) is 0 Å². The molecule has 2 aromatic carbocycles. The maximum Gasteiger partial charge on any atom is 0.291 e. The first-order valence-corrected chi connectivity index (χ1v) is 11.4. The smallest absolute Gasteiger partial charge is 0.291 e. The predicted molar refractivity (Wildman–Crippen MR) is 125 cm³/mol. The van der Waals surface area contributed by atoms with E-state index in [9.17, 15) is 9.18 Å². The van der Waals surface area contributed by atoms with Crippen molar-refractivity contribution in [2.45, 2.75) is 31.7 Å². The average Bonchev–Trinajstić information content (AvgIpc) is 3.55. The van der Waals surface area contributed by atoms with E-state index in [1.54, 1.807) is 24.3 Å². The van der Waals surface area contributed by atoms with Crippen LogP contribution in [0.3, 0.4) is 0 Å². The zero-order chi connectivity index (χ0) is 22.1. The van der Waals surface area contributed by atoms with Crippen molar-refractivity contribution >= 4 is 27.5 Å².